The van der Waals surface area contributed by atoms with E-state index in [0.29, 0.717) is 11.6 Å². The minimum absolute atomic E-state index is 0.473. The van der Waals surface area contributed by atoms with Crippen molar-refractivity contribution in [2.24, 2.45) is 0 Å². The van der Waals surface area contributed by atoms with Crippen molar-refractivity contribution in [2.75, 3.05) is 13.0 Å². The van der Waals surface area contributed by atoms with Crippen LogP contribution in [0.3, 0.4) is 0 Å². The van der Waals surface area contributed by atoms with Crippen molar-refractivity contribution in [3.8, 4) is 5.75 Å². The lowest BCUT2D eigenvalue weighted by Gasteiger charge is -2.03. The molecule has 1 heterocycles. The fourth-order valence-corrected chi connectivity index (χ4v) is 1.96. The van der Waals surface area contributed by atoms with Crippen LogP contribution in [0.4, 0.5) is 4.79 Å². The predicted octanol–water partition coefficient (Wildman–Crippen LogP) is 3.48. The number of carbonyl (C=O) groups excluding carboxylic acids is 1. The molecule has 0 atom stereocenters. The van der Waals surface area contributed by atoms with Crippen LogP contribution in [0, 0.1) is 0 Å². The quantitative estimate of drug-likeness (QED) is 0.524. The molecule has 0 radical (unpaired) electrons. The largest absolute Gasteiger partial charge is 0.513 e. The third kappa shape index (κ3) is 2.76. The number of hydrogen-bond acceptors (Lipinski definition) is 3. The molecular weight excluding hydrogens is 254 g/mol. The molecule has 0 aliphatic heterocycles. The number of halogens is 1. The summed E-state index contributed by atoms with van der Waals surface area (Å²) in [4.78, 5) is 14.2. The molecule has 0 saturated heterocycles. The van der Waals surface area contributed by atoms with Gasteiger partial charge in [-0.15, -0.1) is 11.6 Å². The maximum atomic E-state index is 11.0. The minimum Gasteiger partial charge on any atom is -0.437 e. The van der Waals surface area contributed by atoms with Crippen LogP contribution in [0.5, 0.6) is 5.75 Å². The maximum Gasteiger partial charge on any atom is 0.513 e. The monoisotopic (exact) mass is 267 g/mol. The van der Waals surface area contributed by atoms with Gasteiger partial charge in [-0.2, -0.15) is 0 Å². The highest BCUT2D eigenvalue weighted by Gasteiger charge is 2.08. The Labute approximate surface area is 110 Å². The molecule has 0 fully saturated rings. The van der Waals surface area contributed by atoms with Gasteiger partial charge >= 0.3 is 6.16 Å². The molecule has 0 aliphatic carbocycles. The van der Waals surface area contributed by atoms with Crippen molar-refractivity contribution in [2.45, 2.75) is 12.8 Å². The van der Waals surface area contributed by atoms with Crippen molar-refractivity contribution in [1.82, 2.24) is 4.98 Å². The number of aromatic amines is 1. The second-order valence-electron chi connectivity index (χ2n) is 3.87. The summed E-state index contributed by atoms with van der Waals surface area (Å²) < 4.78 is 9.46. The maximum absolute atomic E-state index is 11.0. The number of H-pyrrole nitrogens is 1. The summed E-state index contributed by atoms with van der Waals surface area (Å²) in [6.45, 7) is 0. The summed E-state index contributed by atoms with van der Waals surface area (Å²) in [5.41, 5.74) is 2.18. The molecule has 0 aliphatic rings. The van der Waals surface area contributed by atoms with Crippen LogP contribution in [-0.2, 0) is 11.2 Å². The van der Waals surface area contributed by atoms with Crippen molar-refractivity contribution < 1.29 is 14.3 Å². The SMILES string of the molecule is COC(=O)Oc1ccc2[nH]cc(CCCCl)c2c1. The Hall–Kier alpha value is -1.68. The number of carbonyl (C=O) groups is 1. The molecule has 1 aromatic carbocycles. The fraction of sp³-hybridized carbons (Fsp3) is 0.308. The average Bonchev–Trinajstić information content (AvgIpc) is 2.78. The van der Waals surface area contributed by atoms with Crippen LogP contribution in [-0.4, -0.2) is 24.1 Å². The van der Waals surface area contributed by atoms with Crippen molar-refractivity contribution in [3.05, 3.63) is 30.0 Å². The second-order valence-corrected chi connectivity index (χ2v) is 4.25. The van der Waals surface area contributed by atoms with E-state index in [2.05, 4.69) is 9.72 Å². The van der Waals surface area contributed by atoms with Gasteiger partial charge < -0.3 is 14.5 Å². The second kappa shape index (κ2) is 5.78. The van der Waals surface area contributed by atoms with E-state index in [1.807, 2.05) is 18.3 Å². The Balaban J connectivity index is 2.27. The van der Waals surface area contributed by atoms with Crippen molar-refractivity contribution >= 4 is 28.7 Å². The molecule has 0 spiro atoms. The summed E-state index contributed by atoms with van der Waals surface area (Å²) in [6, 6.07) is 5.42. The number of fused-ring (bicyclic) bond motifs is 1. The van der Waals surface area contributed by atoms with Gasteiger partial charge in [-0.1, -0.05) is 0 Å². The Morgan fingerprint density at radius 1 is 1.44 bits per heavy atom. The van der Waals surface area contributed by atoms with Gasteiger partial charge in [0.15, 0.2) is 0 Å². The molecule has 2 aromatic rings. The lowest BCUT2D eigenvalue weighted by molar-refractivity contribution is 0.121. The highest BCUT2D eigenvalue weighted by atomic mass is 35.5. The Bertz CT molecular complexity index is 550. The third-order valence-corrected chi connectivity index (χ3v) is 2.95. The summed E-state index contributed by atoms with van der Waals surface area (Å²) >= 11 is 5.69. The number of nitrogens with one attached hydrogen (secondary N) is 1. The number of aryl methyl sites for hydroxylation is 1. The highest BCUT2D eigenvalue weighted by molar-refractivity contribution is 6.17. The number of hydrogen-bond donors (Lipinski definition) is 1. The van der Waals surface area contributed by atoms with Gasteiger partial charge in [-0.05, 0) is 36.6 Å². The fourth-order valence-electron chi connectivity index (χ4n) is 1.82. The summed E-state index contributed by atoms with van der Waals surface area (Å²) in [6.07, 6.45) is 3.05. The van der Waals surface area contributed by atoms with Crippen molar-refractivity contribution in [3.63, 3.8) is 0 Å². The topological polar surface area (TPSA) is 51.3 Å². The van der Waals surface area contributed by atoms with Gasteiger partial charge in [-0.25, -0.2) is 4.79 Å². The van der Waals surface area contributed by atoms with E-state index in [4.69, 9.17) is 16.3 Å². The van der Waals surface area contributed by atoms with Gasteiger partial charge in [0.05, 0.1) is 7.11 Å². The van der Waals surface area contributed by atoms with E-state index in [1.54, 1.807) is 6.07 Å². The first kappa shape index (κ1) is 12.8. The molecule has 0 saturated carbocycles. The van der Waals surface area contributed by atoms with Crippen LogP contribution in [0.15, 0.2) is 24.4 Å². The standard InChI is InChI=1S/C13H14ClNO3/c1-17-13(16)18-10-4-5-12-11(7-10)9(8-15-12)3-2-6-14/h4-5,7-8,15H,2-3,6H2,1H3. The van der Waals surface area contributed by atoms with E-state index in [-0.39, 0.29) is 0 Å². The predicted molar refractivity (Wildman–Crippen MR) is 70.4 cm³/mol. The Morgan fingerprint density at radius 3 is 3.00 bits per heavy atom. The Morgan fingerprint density at radius 2 is 2.28 bits per heavy atom. The molecule has 2 rings (SSSR count). The molecule has 1 N–H and O–H groups in total. The van der Waals surface area contributed by atoms with Gasteiger partial charge in [0.25, 0.3) is 0 Å². The molecule has 1 aromatic heterocycles. The van der Waals surface area contributed by atoms with Crippen LogP contribution in [0.1, 0.15) is 12.0 Å². The molecular formula is C13H14ClNO3. The summed E-state index contributed by atoms with van der Waals surface area (Å²) in [5.74, 6) is 1.10. The third-order valence-electron chi connectivity index (χ3n) is 2.69. The normalized spacial score (nSPS) is 10.6. The lowest BCUT2D eigenvalue weighted by atomic mass is 10.1. The van der Waals surface area contributed by atoms with Crippen molar-refractivity contribution in [1.29, 1.82) is 0 Å². The zero-order chi connectivity index (χ0) is 13.0. The number of alkyl halides is 1. The first-order valence-electron chi connectivity index (χ1n) is 5.66. The minimum atomic E-state index is -0.716. The number of rotatable bonds is 4. The van der Waals surface area contributed by atoms with E-state index in [1.165, 1.54) is 12.7 Å². The molecule has 0 unspecified atom stereocenters. The highest BCUT2D eigenvalue weighted by Crippen LogP contribution is 2.25. The van der Waals surface area contributed by atoms with Crippen LogP contribution in [0.25, 0.3) is 10.9 Å². The molecule has 0 bridgehead atoms. The van der Waals surface area contributed by atoms with E-state index in [0.717, 1.165) is 23.7 Å². The van der Waals surface area contributed by atoms with Crippen LogP contribution >= 0.6 is 11.6 Å². The Kier molecular flexibility index (Phi) is 4.10. The number of benzene rings is 1. The van der Waals surface area contributed by atoms with E-state index >= 15 is 0 Å². The first-order chi connectivity index (χ1) is 8.74. The zero-order valence-electron chi connectivity index (χ0n) is 10.0. The lowest BCUT2D eigenvalue weighted by Crippen LogP contribution is -2.06. The number of aromatic nitrogens is 1. The first-order valence-corrected chi connectivity index (χ1v) is 6.20. The molecule has 5 heteroatoms. The number of ether oxygens (including phenoxy) is 2. The molecule has 0 amide bonds. The zero-order valence-corrected chi connectivity index (χ0v) is 10.8. The van der Waals surface area contributed by atoms with Gasteiger partial charge in [-0.3, -0.25) is 0 Å². The van der Waals surface area contributed by atoms with E-state index in [9.17, 15) is 4.79 Å². The van der Waals surface area contributed by atoms with Gasteiger partial charge in [0.1, 0.15) is 5.75 Å². The van der Waals surface area contributed by atoms with Crippen LogP contribution < -0.4 is 4.74 Å². The van der Waals surface area contributed by atoms with Gasteiger partial charge in [0.2, 0.25) is 0 Å². The number of methoxy groups -OCH3 is 1. The summed E-state index contributed by atoms with van der Waals surface area (Å²) in [7, 11) is 1.28. The van der Waals surface area contributed by atoms with E-state index < -0.39 is 6.16 Å². The molecule has 4 nitrogen and oxygen atoms in total. The molecule has 96 valence electrons. The average molecular weight is 268 g/mol. The smallest absolute Gasteiger partial charge is 0.437 e. The molecule has 18 heavy (non-hydrogen) atoms. The van der Waals surface area contributed by atoms with Gasteiger partial charge in [0, 0.05) is 23.0 Å². The van der Waals surface area contributed by atoms with Crippen LogP contribution in [0.2, 0.25) is 0 Å². The summed E-state index contributed by atoms with van der Waals surface area (Å²) in [5, 5.41) is 1.04.